The average Bonchev–Trinajstić information content (AvgIpc) is 2.40. The summed E-state index contributed by atoms with van der Waals surface area (Å²) in [7, 11) is 0. The SMILES string of the molecule is c1ccc2cc(OC3CNCCS3)ccc2c1. The number of nitrogens with one attached hydrogen (secondary N) is 1. The fraction of sp³-hybridized carbons (Fsp3) is 0.286. The van der Waals surface area contributed by atoms with E-state index in [2.05, 4.69) is 47.8 Å². The van der Waals surface area contributed by atoms with Crippen LogP contribution >= 0.6 is 11.8 Å². The molecule has 0 aliphatic carbocycles. The van der Waals surface area contributed by atoms with Gasteiger partial charge in [-0.25, -0.2) is 0 Å². The van der Waals surface area contributed by atoms with Gasteiger partial charge in [-0.2, -0.15) is 0 Å². The molecular weight excluding hydrogens is 230 g/mol. The Bertz CT molecular complexity index is 508. The molecule has 0 bridgehead atoms. The lowest BCUT2D eigenvalue weighted by Crippen LogP contribution is -2.35. The lowest BCUT2D eigenvalue weighted by Gasteiger charge is -2.23. The molecule has 88 valence electrons. The molecule has 1 fully saturated rings. The zero-order valence-corrected chi connectivity index (χ0v) is 10.4. The molecule has 0 amide bonds. The molecule has 0 aromatic heterocycles. The van der Waals surface area contributed by atoms with Gasteiger partial charge in [0.05, 0.1) is 0 Å². The highest BCUT2D eigenvalue weighted by Gasteiger charge is 2.14. The highest BCUT2D eigenvalue weighted by Crippen LogP contribution is 2.24. The van der Waals surface area contributed by atoms with Gasteiger partial charge in [0.1, 0.15) is 5.75 Å². The third-order valence-electron chi connectivity index (χ3n) is 2.88. The minimum atomic E-state index is 0.241. The maximum atomic E-state index is 5.96. The maximum absolute atomic E-state index is 5.96. The molecule has 1 unspecified atom stereocenters. The van der Waals surface area contributed by atoms with E-state index in [1.165, 1.54) is 10.8 Å². The Hall–Kier alpha value is -1.19. The molecule has 1 atom stereocenters. The van der Waals surface area contributed by atoms with Gasteiger partial charge in [-0.3, -0.25) is 0 Å². The van der Waals surface area contributed by atoms with E-state index in [0.717, 1.165) is 24.6 Å². The van der Waals surface area contributed by atoms with Crippen LogP contribution in [0.25, 0.3) is 10.8 Å². The molecule has 1 N–H and O–H groups in total. The Morgan fingerprint density at radius 2 is 2.00 bits per heavy atom. The number of hydrogen-bond donors (Lipinski definition) is 1. The number of benzene rings is 2. The maximum Gasteiger partial charge on any atom is 0.156 e. The second kappa shape index (κ2) is 4.98. The van der Waals surface area contributed by atoms with Crippen LogP contribution < -0.4 is 10.1 Å². The number of thioether (sulfide) groups is 1. The summed E-state index contributed by atoms with van der Waals surface area (Å²) >= 11 is 1.88. The van der Waals surface area contributed by atoms with E-state index in [1.807, 2.05) is 11.8 Å². The van der Waals surface area contributed by atoms with Crippen LogP contribution in [0.4, 0.5) is 0 Å². The molecule has 2 aromatic rings. The van der Waals surface area contributed by atoms with E-state index in [9.17, 15) is 0 Å². The van der Waals surface area contributed by atoms with Crippen LogP contribution in [0.3, 0.4) is 0 Å². The molecule has 0 saturated carbocycles. The quantitative estimate of drug-likeness (QED) is 0.879. The fourth-order valence-corrected chi connectivity index (χ4v) is 2.95. The molecule has 0 spiro atoms. The number of ether oxygens (including phenoxy) is 1. The van der Waals surface area contributed by atoms with Crippen molar-refractivity contribution < 1.29 is 4.74 Å². The Morgan fingerprint density at radius 3 is 2.82 bits per heavy atom. The van der Waals surface area contributed by atoms with Crippen molar-refractivity contribution in [3.8, 4) is 5.75 Å². The van der Waals surface area contributed by atoms with Crippen LogP contribution in [0.5, 0.6) is 5.75 Å². The highest BCUT2D eigenvalue weighted by molar-refractivity contribution is 7.99. The van der Waals surface area contributed by atoms with Gasteiger partial charge in [0.25, 0.3) is 0 Å². The van der Waals surface area contributed by atoms with Crippen LogP contribution in [-0.2, 0) is 0 Å². The summed E-state index contributed by atoms with van der Waals surface area (Å²) in [5.41, 5.74) is 0.241. The molecule has 3 heteroatoms. The highest BCUT2D eigenvalue weighted by atomic mass is 32.2. The second-order valence-corrected chi connectivity index (χ2v) is 5.40. The summed E-state index contributed by atoms with van der Waals surface area (Å²) in [6.45, 7) is 2.01. The Kier molecular flexibility index (Phi) is 3.20. The lowest BCUT2D eigenvalue weighted by atomic mass is 10.1. The molecule has 1 aliphatic rings. The summed E-state index contributed by atoms with van der Waals surface area (Å²) in [5.74, 6) is 2.09. The molecular formula is C14H15NOS. The molecule has 1 aliphatic heterocycles. The summed E-state index contributed by atoms with van der Waals surface area (Å²) in [6, 6.07) is 14.6. The third-order valence-corrected chi connectivity index (χ3v) is 3.96. The Morgan fingerprint density at radius 1 is 1.12 bits per heavy atom. The molecule has 3 rings (SSSR count). The lowest BCUT2D eigenvalue weighted by molar-refractivity contribution is 0.278. The Balaban J connectivity index is 1.80. The smallest absolute Gasteiger partial charge is 0.156 e. The van der Waals surface area contributed by atoms with Crippen molar-refractivity contribution >= 4 is 22.5 Å². The summed E-state index contributed by atoms with van der Waals surface area (Å²) in [6.07, 6.45) is 0. The van der Waals surface area contributed by atoms with Crippen LogP contribution in [-0.4, -0.2) is 24.3 Å². The monoisotopic (exact) mass is 245 g/mol. The van der Waals surface area contributed by atoms with Crippen LogP contribution in [0.2, 0.25) is 0 Å². The first-order chi connectivity index (χ1) is 8.42. The minimum absolute atomic E-state index is 0.241. The first-order valence-electron chi connectivity index (χ1n) is 5.89. The van der Waals surface area contributed by atoms with E-state index in [0.29, 0.717) is 0 Å². The van der Waals surface area contributed by atoms with E-state index < -0.39 is 0 Å². The average molecular weight is 245 g/mol. The summed E-state index contributed by atoms with van der Waals surface area (Å²) in [5, 5.41) is 5.84. The van der Waals surface area contributed by atoms with Crippen molar-refractivity contribution in [3.05, 3.63) is 42.5 Å². The Labute approximate surface area is 105 Å². The van der Waals surface area contributed by atoms with Crippen LogP contribution in [0.15, 0.2) is 42.5 Å². The van der Waals surface area contributed by atoms with E-state index >= 15 is 0 Å². The van der Waals surface area contributed by atoms with Crippen molar-refractivity contribution in [2.45, 2.75) is 5.44 Å². The van der Waals surface area contributed by atoms with Gasteiger partial charge in [-0.05, 0) is 22.9 Å². The van der Waals surface area contributed by atoms with E-state index in [4.69, 9.17) is 4.74 Å². The van der Waals surface area contributed by atoms with Gasteiger partial charge in [-0.15, -0.1) is 11.8 Å². The van der Waals surface area contributed by atoms with Gasteiger partial charge < -0.3 is 10.1 Å². The van der Waals surface area contributed by atoms with Gasteiger partial charge in [0.15, 0.2) is 5.44 Å². The number of rotatable bonds is 2. The van der Waals surface area contributed by atoms with E-state index in [1.54, 1.807) is 0 Å². The minimum Gasteiger partial charge on any atom is -0.478 e. The molecule has 17 heavy (non-hydrogen) atoms. The first-order valence-corrected chi connectivity index (χ1v) is 6.94. The number of fused-ring (bicyclic) bond motifs is 1. The molecule has 0 radical (unpaired) electrons. The van der Waals surface area contributed by atoms with Crippen molar-refractivity contribution in [1.29, 1.82) is 0 Å². The van der Waals surface area contributed by atoms with E-state index in [-0.39, 0.29) is 5.44 Å². The zero-order chi connectivity index (χ0) is 11.5. The normalized spacial score (nSPS) is 20.4. The first kappa shape index (κ1) is 10.9. The van der Waals surface area contributed by atoms with Gasteiger partial charge in [0.2, 0.25) is 0 Å². The van der Waals surface area contributed by atoms with Crippen LogP contribution in [0, 0.1) is 0 Å². The topological polar surface area (TPSA) is 21.3 Å². The molecule has 1 saturated heterocycles. The number of hydrogen-bond acceptors (Lipinski definition) is 3. The van der Waals surface area contributed by atoms with Crippen molar-refractivity contribution in [2.75, 3.05) is 18.8 Å². The van der Waals surface area contributed by atoms with Crippen molar-refractivity contribution in [2.24, 2.45) is 0 Å². The largest absolute Gasteiger partial charge is 0.478 e. The standard InChI is InChI=1S/C14H15NOS/c1-2-4-12-9-13(6-5-11(12)3-1)16-14-10-15-7-8-17-14/h1-6,9,14-15H,7-8,10H2. The predicted molar refractivity (Wildman–Crippen MR) is 73.7 cm³/mol. The molecule has 2 aromatic carbocycles. The van der Waals surface area contributed by atoms with Crippen LogP contribution in [0.1, 0.15) is 0 Å². The fourth-order valence-electron chi connectivity index (χ4n) is 2.01. The predicted octanol–water partition coefficient (Wildman–Crippen LogP) is 2.88. The van der Waals surface area contributed by atoms with Gasteiger partial charge in [0, 0.05) is 18.8 Å². The molecule has 2 nitrogen and oxygen atoms in total. The zero-order valence-electron chi connectivity index (χ0n) is 9.56. The second-order valence-electron chi connectivity index (χ2n) is 4.13. The van der Waals surface area contributed by atoms with Crippen molar-refractivity contribution in [3.63, 3.8) is 0 Å². The van der Waals surface area contributed by atoms with Gasteiger partial charge >= 0.3 is 0 Å². The summed E-state index contributed by atoms with van der Waals surface area (Å²) < 4.78 is 5.96. The van der Waals surface area contributed by atoms with Gasteiger partial charge in [-0.1, -0.05) is 30.3 Å². The molecule has 1 heterocycles. The third kappa shape index (κ3) is 2.56. The van der Waals surface area contributed by atoms with Crippen molar-refractivity contribution in [1.82, 2.24) is 5.32 Å². The summed E-state index contributed by atoms with van der Waals surface area (Å²) in [4.78, 5) is 0.